The topological polar surface area (TPSA) is 84.9 Å². The first-order chi connectivity index (χ1) is 10.2. The van der Waals surface area contributed by atoms with Crippen molar-refractivity contribution in [2.75, 3.05) is 45.8 Å². The van der Waals surface area contributed by atoms with E-state index in [-0.39, 0.29) is 6.03 Å². The molecule has 3 N–H and O–H groups in total. The second-order valence-electron chi connectivity index (χ2n) is 5.82. The van der Waals surface area contributed by atoms with Crippen LogP contribution in [0.15, 0.2) is 0 Å². The van der Waals surface area contributed by atoms with E-state index >= 15 is 0 Å². The standard InChI is InChI=1S/C14H26N4O3/c19-13(17-8-10-18(11-9-17)14(20)21)16-5-1-2-12-3-6-15-7-4-12/h12,15H,1-11H2,(H,16,19)(H,20,21). The summed E-state index contributed by atoms with van der Waals surface area (Å²) >= 11 is 0. The lowest BCUT2D eigenvalue weighted by Gasteiger charge is -2.33. The Labute approximate surface area is 125 Å². The van der Waals surface area contributed by atoms with Crippen LogP contribution in [0.3, 0.4) is 0 Å². The third-order valence-corrected chi connectivity index (χ3v) is 4.36. The molecule has 2 aliphatic rings. The average molecular weight is 298 g/mol. The van der Waals surface area contributed by atoms with Crippen molar-refractivity contribution in [1.29, 1.82) is 0 Å². The zero-order valence-electron chi connectivity index (χ0n) is 12.5. The van der Waals surface area contributed by atoms with Gasteiger partial charge in [0.25, 0.3) is 0 Å². The second kappa shape index (κ2) is 8.07. The lowest BCUT2D eigenvalue weighted by atomic mass is 9.93. The van der Waals surface area contributed by atoms with Gasteiger partial charge in [-0.1, -0.05) is 0 Å². The molecule has 120 valence electrons. The number of nitrogens with one attached hydrogen (secondary N) is 2. The first kappa shape index (κ1) is 15.9. The van der Waals surface area contributed by atoms with E-state index in [1.807, 2.05) is 0 Å². The van der Waals surface area contributed by atoms with Crippen LogP contribution in [0.4, 0.5) is 9.59 Å². The molecular formula is C14H26N4O3. The number of carboxylic acid groups (broad SMARTS) is 1. The van der Waals surface area contributed by atoms with E-state index in [2.05, 4.69) is 10.6 Å². The Hall–Kier alpha value is -1.50. The maximum Gasteiger partial charge on any atom is 0.407 e. The first-order valence-corrected chi connectivity index (χ1v) is 7.88. The Morgan fingerprint density at radius 2 is 1.71 bits per heavy atom. The molecule has 2 saturated heterocycles. The Bertz CT molecular complexity index is 350. The Balaban J connectivity index is 1.56. The van der Waals surface area contributed by atoms with Crippen LogP contribution in [-0.4, -0.2) is 72.8 Å². The highest BCUT2D eigenvalue weighted by molar-refractivity contribution is 5.74. The molecule has 2 heterocycles. The van der Waals surface area contributed by atoms with Crippen molar-refractivity contribution < 1.29 is 14.7 Å². The van der Waals surface area contributed by atoms with E-state index in [1.54, 1.807) is 4.90 Å². The molecule has 0 atom stereocenters. The maximum atomic E-state index is 12.0. The minimum atomic E-state index is -0.906. The molecule has 0 radical (unpaired) electrons. The summed E-state index contributed by atoms with van der Waals surface area (Å²) in [6.45, 7) is 4.70. The fraction of sp³-hybridized carbons (Fsp3) is 0.857. The average Bonchev–Trinajstić information content (AvgIpc) is 2.52. The van der Waals surface area contributed by atoms with Crippen LogP contribution in [0.5, 0.6) is 0 Å². The number of piperazine rings is 1. The molecule has 0 aromatic carbocycles. The fourth-order valence-electron chi connectivity index (χ4n) is 2.97. The number of urea groups is 1. The number of nitrogens with zero attached hydrogens (tertiary/aromatic N) is 2. The molecule has 0 aliphatic carbocycles. The number of hydrogen-bond acceptors (Lipinski definition) is 3. The van der Waals surface area contributed by atoms with Gasteiger partial charge in [0.15, 0.2) is 0 Å². The number of carbonyl (C=O) groups is 2. The van der Waals surface area contributed by atoms with E-state index in [0.29, 0.717) is 32.7 Å². The van der Waals surface area contributed by atoms with Crippen molar-refractivity contribution in [3.05, 3.63) is 0 Å². The fourth-order valence-corrected chi connectivity index (χ4v) is 2.97. The summed E-state index contributed by atoms with van der Waals surface area (Å²) in [5.74, 6) is 0.794. The summed E-state index contributed by atoms with van der Waals surface area (Å²) in [5.41, 5.74) is 0. The van der Waals surface area contributed by atoms with Crippen molar-refractivity contribution in [3.63, 3.8) is 0 Å². The summed E-state index contributed by atoms with van der Waals surface area (Å²) in [4.78, 5) is 25.8. The Kier molecular flexibility index (Phi) is 6.10. The van der Waals surface area contributed by atoms with E-state index in [9.17, 15) is 9.59 Å². The molecule has 0 bridgehead atoms. The van der Waals surface area contributed by atoms with Gasteiger partial charge in [-0.05, 0) is 44.7 Å². The van der Waals surface area contributed by atoms with Gasteiger partial charge in [-0.3, -0.25) is 0 Å². The van der Waals surface area contributed by atoms with Crippen LogP contribution in [-0.2, 0) is 0 Å². The quantitative estimate of drug-likeness (QED) is 0.669. The predicted octanol–water partition coefficient (Wildman–Crippen LogP) is 0.771. The zero-order valence-corrected chi connectivity index (χ0v) is 12.5. The molecule has 2 fully saturated rings. The molecule has 3 amide bonds. The van der Waals surface area contributed by atoms with Gasteiger partial charge in [-0.2, -0.15) is 0 Å². The summed E-state index contributed by atoms with van der Waals surface area (Å²) in [7, 11) is 0. The van der Waals surface area contributed by atoms with Crippen LogP contribution in [0.2, 0.25) is 0 Å². The van der Waals surface area contributed by atoms with Crippen LogP contribution in [0.1, 0.15) is 25.7 Å². The van der Waals surface area contributed by atoms with E-state index in [4.69, 9.17) is 5.11 Å². The SMILES string of the molecule is O=C(O)N1CCN(C(=O)NCCCC2CCNCC2)CC1. The summed E-state index contributed by atoms with van der Waals surface area (Å²) in [6.07, 6.45) is 3.77. The molecule has 21 heavy (non-hydrogen) atoms. The van der Waals surface area contributed by atoms with Gasteiger partial charge < -0.3 is 25.5 Å². The highest BCUT2D eigenvalue weighted by atomic mass is 16.4. The van der Waals surface area contributed by atoms with E-state index in [0.717, 1.165) is 25.4 Å². The molecule has 2 aliphatic heterocycles. The smallest absolute Gasteiger partial charge is 0.407 e. The summed E-state index contributed by atoms with van der Waals surface area (Å²) in [5, 5.41) is 15.2. The minimum Gasteiger partial charge on any atom is -0.465 e. The molecule has 7 heteroatoms. The van der Waals surface area contributed by atoms with E-state index in [1.165, 1.54) is 24.2 Å². The maximum absolute atomic E-state index is 12.0. The van der Waals surface area contributed by atoms with Crippen molar-refractivity contribution in [1.82, 2.24) is 20.4 Å². The van der Waals surface area contributed by atoms with Crippen LogP contribution < -0.4 is 10.6 Å². The molecule has 0 unspecified atom stereocenters. The largest absolute Gasteiger partial charge is 0.465 e. The van der Waals surface area contributed by atoms with Crippen molar-refractivity contribution in [3.8, 4) is 0 Å². The number of piperidine rings is 1. The molecule has 0 saturated carbocycles. The van der Waals surface area contributed by atoms with Gasteiger partial charge in [0, 0.05) is 32.7 Å². The number of carbonyl (C=O) groups excluding carboxylic acids is 1. The molecule has 7 nitrogen and oxygen atoms in total. The van der Waals surface area contributed by atoms with Crippen molar-refractivity contribution >= 4 is 12.1 Å². The molecule has 0 aromatic rings. The van der Waals surface area contributed by atoms with Gasteiger partial charge in [0.1, 0.15) is 0 Å². The third kappa shape index (κ3) is 5.08. The van der Waals surface area contributed by atoms with Gasteiger partial charge >= 0.3 is 12.1 Å². The molecule has 0 aromatic heterocycles. The zero-order chi connectivity index (χ0) is 15.1. The monoisotopic (exact) mass is 298 g/mol. The minimum absolute atomic E-state index is 0.0645. The Morgan fingerprint density at radius 3 is 2.33 bits per heavy atom. The van der Waals surface area contributed by atoms with Crippen molar-refractivity contribution in [2.24, 2.45) is 5.92 Å². The number of rotatable bonds is 4. The highest BCUT2D eigenvalue weighted by Crippen LogP contribution is 2.17. The van der Waals surface area contributed by atoms with Gasteiger partial charge in [-0.25, -0.2) is 9.59 Å². The van der Waals surface area contributed by atoms with Crippen LogP contribution >= 0.6 is 0 Å². The van der Waals surface area contributed by atoms with Crippen LogP contribution in [0.25, 0.3) is 0 Å². The predicted molar refractivity (Wildman–Crippen MR) is 79.4 cm³/mol. The molecule has 2 rings (SSSR count). The lowest BCUT2D eigenvalue weighted by Crippen LogP contribution is -2.53. The highest BCUT2D eigenvalue weighted by Gasteiger charge is 2.23. The summed E-state index contributed by atoms with van der Waals surface area (Å²) < 4.78 is 0. The Morgan fingerprint density at radius 1 is 1.10 bits per heavy atom. The van der Waals surface area contributed by atoms with Crippen molar-refractivity contribution in [2.45, 2.75) is 25.7 Å². The molecular weight excluding hydrogens is 272 g/mol. The van der Waals surface area contributed by atoms with Gasteiger partial charge in [0.05, 0.1) is 0 Å². The lowest BCUT2D eigenvalue weighted by molar-refractivity contribution is 0.112. The first-order valence-electron chi connectivity index (χ1n) is 7.88. The number of amides is 3. The molecule has 0 spiro atoms. The normalized spacial score (nSPS) is 20.4. The van der Waals surface area contributed by atoms with Gasteiger partial charge in [-0.15, -0.1) is 0 Å². The second-order valence-corrected chi connectivity index (χ2v) is 5.82. The third-order valence-electron chi connectivity index (χ3n) is 4.36. The van der Waals surface area contributed by atoms with Crippen LogP contribution in [0, 0.1) is 5.92 Å². The summed E-state index contributed by atoms with van der Waals surface area (Å²) in [6, 6.07) is -0.0645. The van der Waals surface area contributed by atoms with E-state index < -0.39 is 6.09 Å². The number of hydrogen-bond donors (Lipinski definition) is 3. The van der Waals surface area contributed by atoms with Gasteiger partial charge in [0.2, 0.25) is 0 Å².